The molecule has 1 unspecified atom stereocenters. The summed E-state index contributed by atoms with van der Waals surface area (Å²) in [4.78, 5) is 0. The zero-order chi connectivity index (χ0) is 10.8. The molecule has 1 atom stereocenters. The molecule has 1 heteroatoms. The molecule has 2 fully saturated rings. The van der Waals surface area contributed by atoms with Crippen LogP contribution < -0.4 is 5.32 Å². The average Bonchev–Trinajstić information content (AvgIpc) is 2.80. The number of nitrogens with one attached hydrogen (secondary N) is 1. The Hall–Kier alpha value is -0.820. The second-order valence-corrected chi connectivity index (χ2v) is 5.49. The van der Waals surface area contributed by atoms with Crippen molar-refractivity contribution in [3.05, 3.63) is 35.9 Å². The van der Waals surface area contributed by atoms with E-state index < -0.39 is 0 Å². The number of piperidine rings is 1. The molecule has 1 saturated carbocycles. The smallest absolute Gasteiger partial charge is 0.00255 e. The molecular weight excluding hydrogens is 194 g/mol. The average molecular weight is 215 g/mol. The van der Waals surface area contributed by atoms with Gasteiger partial charge in [0.05, 0.1) is 0 Å². The third kappa shape index (κ3) is 1.67. The van der Waals surface area contributed by atoms with Crippen LogP contribution in [-0.2, 0) is 0 Å². The lowest BCUT2D eigenvalue weighted by atomic mass is 9.67. The fourth-order valence-corrected chi connectivity index (χ4v) is 3.81. The molecule has 1 heterocycles. The molecule has 1 spiro atoms. The maximum absolute atomic E-state index is 3.58. The van der Waals surface area contributed by atoms with Crippen LogP contribution in [-0.4, -0.2) is 13.1 Å². The van der Waals surface area contributed by atoms with E-state index in [1.54, 1.807) is 5.56 Å². The van der Waals surface area contributed by atoms with Crippen LogP contribution in [0.2, 0.25) is 0 Å². The molecule has 1 saturated heterocycles. The van der Waals surface area contributed by atoms with Crippen molar-refractivity contribution in [1.82, 2.24) is 5.32 Å². The summed E-state index contributed by atoms with van der Waals surface area (Å²) in [6, 6.07) is 11.1. The van der Waals surface area contributed by atoms with Gasteiger partial charge in [-0.2, -0.15) is 0 Å². The number of hydrogen-bond donors (Lipinski definition) is 1. The van der Waals surface area contributed by atoms with Crippen molar-refractivity contribution in [1.29, 1.82) is 0 Å². The van der Waals surface area contributed by atoms with Gasteiger partial charge in [0.1, 0.15) is 0 Å². The van der Waals surface area contributed by atoms with Crippen LogP contribution in [0, 0.1) is 5.41 Å². The predicted octanol–water partition coefficient (Wildman–Crippen LogP) is 3.32. The van der Waals surface area contributed by atoms with Crippen molar-refractivity contribution in [2.45, 2.75) is 38.0 Å². The van der Waals surface area contributed by atoms with Crippen LogP contribution in [0.5, 0.6) is 0 Å². The largest absolute Gasteiger partial charge is 0.316 e. The SMILES string of the molecule is c1ccc(C2CNCCC23CCCC3)cc1. The lowest BCUT2D eigenvalue weighted by molar-refractivity contribution is 0.170. The zero-order valence-corrected chi connectivity index (χ0v) is 9.91. The van der Waals surface area contributed by atoms with Crippen molar-refractivity contribution < 1.29 is 0 Å². The first-order valence-electron chi connectivity index (χ1n) is 6.66. The number of rotatable bonds is 1. The van der Waals surface area contributed by atoms with Crippen molar-refractivity contribution in [2.24, 2.45) is 5.41 Å². The molecule has 16 heavy (non-hydrogen) atoms. The van der Waals surface area contributed by atoms with Gasteiger partial charge in [-0.15, -0.1) is 0 Å². The van der Waals surface area contributed by atoms with Crippen LogP contribution in [0.3, 0.4) is 0 Å². The summed E-state index contributed by atoms with van der Waals surface area (Å²) in [7, 11) is 0. The van der Waals surface area contributed by atoms with Gasteiger partial charge in [0.25, 0.3) is 0 Å². The Bertz CT molecular complexity index is 338. The van der Waals surface area contributed by atoms with Crippen molar-refractivity contribution >= 4 is 0 Å². The molecule has 3 rings (SSSR count). The molecule has 1 N–H and O–H groups in total. The maximum Gasteiger partial charge on any atom is 0.00255 e. The first kappa shape index (κ1) is 10.3. The lowest BCUT2D eigenvalue weighted by Crippen LogP contribution is -2.42. The second kappa shape index (κ2) is 4.21. The summed E-state index contributed by atoms with van der Waals surface area (Å²) < 4.78 is 0. The van der Waals surface area contributed by atoms with E-state index >= 15 is 0 Å². The van der Waals surface area contributed by atoms with E-state index in [1.807, 2.05) is 0 Å². The van der Waals surface area contributed by atoms with E-state index in [0.29, 0.717) is 5.41 Å². The Morgan fingerprint density at radius 1 is 1.00 bits per heavy atom. The highest BCUT2D eigenvalue weighted by molar-refractivity contribution is 5.24. The van der Waals surface area contributed by atoms with Crippen LogP contribution in [0.15, 0.2) is 30.3 Å². The molecule has 0 bridgehead atoms. The summed E-state index contributed by atoms with van der Waals surface area (Å²) >= 11 is 0. The van der Waals surface area contributed by atoms with E-state index in [9.17, 15) is 0 Å². The summed E-state index contributed by atoms with van der Waals surface area (Å²) in [6.07, 6.45) is 7.18. The summed E-state index contributed by atoms with van der Waals surface area (Å²) in [5, 5.41) is 3.58. The quantitative estimate of drug-likeness (QED) is 0.757. The van der Waals surface area contributed by atoms with E-state index in [1.165, 1.54) is 45.2 Å². The van der Waals surface area contributed by atoms with Gasteiger partial charge in [-0.1, -0.05) is 43.2 Å². The monoisotopic (exact) mass is 215 g/mol. The Morgan fingerprint density at radius 3 is 2.50 bits per heavy atom. The lowest BCUT2D eigenvalue weighted by Gasteiger charge is -2.42. The molecule has 0 aromatic heterocycles. The van der Waals surface area contributed by atoms with Gasteiger partial charge in [0.15, 0.2) is 0 Å². The molecular formula is C15H21N. The van der Waals surface area contributed by atoms with Gasteiger partial charge in [-0.3, -0.25) is 0 Å². The van der Waals surface area contributed by atoms with Crippen LogP contribution >= 0.6 is 0 Å². The normalized spacial score (nSPS) is 28.4. The van der Waals surface area contributed by atoms with Gasteiger partial charge in [0, 0.05) is 12.5 Å². The molecule has 1 aliphatic heterocycles. The van der Waals surface area contributed by atoms with Gasteiger partial charge in [-0.05, 0) is 36.8 Å². The molecule has 86 valence electrons. The third-order valence-electron chi connectivity index (χ3n) is 4.69. The van der Waals surface area contributed by atoms with Crippen LogP contribution in [0.1, 0.15) is 43.6 Å². The highest BCUT2D eigenvalue weighted by Gasteiger charge is 2.42. The first-order chi connectivity index (χ1) is 7.91. The standard InChI is InChI=1S/C15H21N/c1-2-6-13(7-3-1)14-12-16-11-10-15(14)8-4-5-9-15/h1-3,6-7,14,16H,4-5,8-12H2. The van der Waals surface area contributed by atoms with E-state index in [2.05, 4.69) is 35.6 Å². The molecule has 0 amide bonds. The fourth-order valence-electron chi connectivity index (χ4n) is 3.81. The summed E-state index contributed by atoms with van der Waals surface area (Å²) in [5.41, 5.74) is 2.18. The molecule has 1 nitrogen and oxygen atoms in total. The Morgan fingerprint density at radius 2 is 1.75 bits per heavy atom. The minimum Gasteiger partial charge on any atom is -0.316 e. The zero-order valence-electron chi connectivity index (χ0n) is 9.91. The predicted molar refractivity (Wildman–Crippen MR) is 67.6 cm³/mol. The molecule has 1 aromatic rings. The topological polar surface area (TPSA) is 12.0 Å². The van der Waals surface area contributed by atoms with Crippen LogP contribution in [0.25, 0.3) is 0 Å². The Kier molecular flexibility index (Phi) is 2.72. The van der Waals surface area contributed by atoms with Gasteiger partial charge >= 0.3 is 0 Å². The summed E-state index contributed by atoms with van der Waals surface area (Å²) in [6.45, 7) is 2.41. The van der Waals surface area contributed by atoms with Gasteiger partial charge in [0.2, 0.25) is 0 Å². The fraction of sp³-hybridized carbons (Fsp3) is 0.600. The molecule has 1 aliphatic carbocycles. The minimum atomic E-state index is 0.632. The highest BCUT2D eigenvalue weighted by atomic mass is 14.9. The van der Waals surface area contributed by atoms with Crippen molar-refractivity contribution in [3.8, 4) is 0 Å². The van der Waals surface area contributed by atoms with E-state index in [0.717, 1.165) is 5.92 Å². The Balaban J connectivity index is 1.91. The van der Waals surface area contributed by atoms with Crippen molar-refractivity contribution in [3.63, 3.8) is 0 Å². The number of benzene rings is 1. The molecule has 2 aliphatic rings. The Labute approximate surface area is 98.3 Å². The van der Waals surface area contributed by atoms with Gasteiger partial charge in [-0.25, -0.2) is 0 Å². The minimum absolute atomic E-state index is 0.632. The van der Waals surface area contributed by atoms with E-state index in [-0.39, 0.29) is 0 Å². The number of hydrogen-bond acceptors (Lipinski definition) is 1. The van der Waals surface area contributed by atoms with E-state index in [4.69, 9.17) is 0 Å². The maximum atomic E-state index is 3.58. The summed E-state index contributed by atoms with van der Waals surface area (Å²) in [5.74, 6) is 0.755. The molecule has 0 radical (unpaired) electrons. The highest BCUT2D eigenvalue weighted by Crippen LogP contribution is 2.52. The molecule has 1 aromatic carbocycles. The first-order valence-corrected chi connectivity index (χ1v) is 6.66. The third-order valence-corrected chi connectivity index (χ3v) is 4.69. The van der Waals surface area contributed by atoms with Crippen LogP contribution in [0.4, 0.5) is 0 Å². The van der Waals surface area contributed by atoms with Gasteiger partial charge < -0.3 is 5.32 Å². The van der Waals surface area contributed by atoms with Crippen molar-refractivity contribution in [2.75, 3.05) is 13.1 Å². The second-order valence-electron chi connectivity index (χ2n) is 5.49.